The van der Waals surface area contributed by atoms with Crippen molar-refractivity contribution in [2.45, 2.75) is 106 Å². The zero-order valence-corrected chi connectivity index (χ0v) is 19.9. The molecule has 0 aromatic carbocycles. The van der Waals surface area contributed by atoms with Crippen LogP contribution < -0.4 is 0 Å². The Kier molecular flexibility index (Phi) is 7.17. The third-order valence-corrected chi connectivity index (χ3v) is 8.12. The van der Waals surface area contributed by atoms with Gasteiger partial charge in [0.1, 0.15) is 46.8 Å². The Morgan fingerprint density at radius 2 is 0.781 bits per heavy atom. The molecular formula is C20H40O12. The summed E-state index contributed by atoms with van der Waals surface area (Å²) in [4.78, 5) is 0. The fraction of sp³-hybridized carbons (Fsp3) is 1.00. The molecule has 0 radical (unpaired) electrons. The molecule has 32 heavy (non-hydrogen) atoms. The molecule has 2 saturated heterocycles. The summed E-state index contributed by atoms with van der Waals surface area (Å²) in [5.74, 6) is -4.66. The van der Waals surface area contributed by atoms with E-state index in [-0.39, 0.29) is 0 Å². The summed E-state index contributed by atoms with van der Waals surface area (Å²) >= 11 is 0. The second-order valence-electron chi connectivity index (χ2n) is 10.3. The van der Waals surface area contributed by atoms with Crippen molar-refractivity contribution in [1.29, 1.82) is 0 Å². The van der Waals surface area contributed by atoms with E-state index in [9.17, 15) is 40.9 Å². The lowest BCUT2D eigenvalue weighted by Crippen LogP contribution is -2.84. The van der Waals surface area contributed by atoms with Crippen molar-refractivity contribution < 1.29 is 60.5 Å². The second-order valence-corrected chi connectivity index (χ2v) is 10.3. The van der Waals surface area contributed by atoms with Crippen LogP contribution in [0.15, 0.2) is 0 Å². The molecule has 0 aliphatic carbocycles. The topological polar surface area (TPSA) is 221 Å². The average molecular weight is 473 g/mol. The molecule has 0 saturated carbocycles. The lowest BCUT2D eigenvalue weighted by Gasteiger charge is -2.63. The number of aliphatic hydroxyl groups excluding tert-OH is 3. The molecule has 0 aromatic heterocycles. The molecule has 2 heterocycles. The number of hydrogen-bond donors (Lipinski definition) is 10. The van der Waals surface area contributed by atoms with E-state index in [1.165, 1.54) is 41.5 Å². The van der Waals surface area contributed by atoms with E-state index in [1.807, 2.05) is 0 Å². The molecular weight excluding hydrogens is 432 g/mol. The molecule has 2 aliphatic rings. The number of ether oxygens (including phenoxy) is 2. The fourth-order valence-corrected chi connectivity index (χ4v) is 4.09. The molecule has 0 amide bonds. The van der Waals surface area contributed by atoms with Crippen LogP contribution in [0.4, 0.5) is 0 Å². The first-order chi connectivity index (χ1) is 13.8. The Balaban J connectivity index is 0.000000323. The smallest absolute Gasteiger partial charge is 0.222 e. The van der Waals surface area contributed by atoms with Crippen molar-refractivity contribution in [3.05, 3.63) is 0 Å². The molecule has 12 heteroatoms. The number of hydrogen-bond acceptors (Lipinski definition) is 12. The van der Waals surface area contributed by atoms with Gasteiger partial charge >= 0.3 is 0 Å². The molecule has 0 spiro atoms. The maximum Gasteiger partial charge on any atom is 0.222 e. The van der Waals surface area contributed by atoms with E-state index < -0.39 is 70.6 Å². The minimum absolute atomic E-state index is 0.599. The Morgan fingerprint density at radius 1 is 0.438 bits per heavy atom. The van der Waals surface area contributed by atoms with Crippen LogP contribution in [-0.4, -0.2) is 122 Å². The SMILES string of the molecule is CC1(C)O[C@](O)(CO)C(C)(O)[C@@](C)(O)[C@]1(C)O.CC1(O)[C@@](C)(CO)O[C@](O)(CO)[C@]1(C)O. The molecule has 2 fully saturated rings. The Morgan fingerprint density at radius 3 is 1.06 bits per heavy atom. The maximum atomic E-state index is 10.4. The van der Waals surface area contributed by atoms with Crippen molar-refractivity contribution in [3.8, 4) is 0 Å². The van der Waals surface area contributed by atoms with E-state index in [4.69, 9.17) is 19.7 Å². The minimum atomic E-state index is -2.36. The van der Waals surface area contributed by atoms with E-state index in [0.717, 1.165) is 13.8 Å². The zero-order chi connectivity index (χ0) is 26.0. The molecule has 2 rings (SSSR count). The van der Waals surface area contributed by atoms with Crippen molar-refractivity contribution in [1.82, 2.24) is 0 Å². The van der Waals surface area contributed by atoms with Gasteiger partial charge in [0.05, 0.1) is 12.2 Å². The first-order valence-corrected chi connectivity index (χ1v) is 10.1. The van der Waals surface area contributed by atoms with Gasteiger partial charge < -0.3 is 60.5 Å². The van der Waals surface area contributed by atoms with Gasteiger partial charge in [-0.15, -0.1) is 0 Å². The van der Waals surface area contributed by atoms with E-state index in [2.05, 4.69) is 0 Å². The minimum Gasteiger partial charge on any atom is -0.393 e. The van der Waals surface area contributed by atoms with Crippen LogP contribution in [0.5, 0.6) is 0 Å². The predicted octanol–water partition coefficient (Wildman–Crippen LogP) is -3.32. The maximum absolute atomic E-state index is 10.4. The van der Waals surface area contributed by atoms with Gasteiger partial charge in [0.25, 0.3) is 0 Å². The fourth-order valence-electron chi connectivity index (χ4n) is 4.09. The van der Waals surface area contributed by atoms with Crippen molar-refractivity contribution in [2.24, 2.45) is 0 Å². The van der Waals surface area contributed by atoms with Crippen LogP contribution >= 0.6 is 0 Å². The molecule has 0 aromatic rings. The number of rotatable bonds is 3. The lowest BCUT2D eigenvalue weighted by atomic mass is 9.61. The van der Waals surface area contributed by atoms with Gasteiger partial charge in [0.15, 0.2) is 0 Å². The third kappa shape index (κ3) is 3.44. The standard InChI is InChI=1S/C11H22O6.C9H18O6/c1-7(2)8(3,13)9(4,14)10(5,15)11(16,6-12)17-7;1-6(4-10)7(2,12)8(3,13)9(14,5-11)15-6/h12-16H,6H2,1-5H3;10-14H,4-5H2,1-3H3/t8-,9+,10?,11-;6-,7?,8-,9-/m11/s1. The highest BCUT2D eigenvalue weighted by atomic mass is 16.7. The van der Waals surface area contributed by atoms with Crippen LogP contribution in [0.25, 0.3) is 0 Å². The molecule has 8 atom stereocenters. The second kappa shape index (κ2) is 7.77. The molecule has 192 valence electrons. The van der Waals surface area contributed by atoms with Crippen molar-refractivity contribution in [3.63, 3.8) is 0 Å². The summed E-state index contributed by atoms with van der Waals surface area (Å²) in [5, 5.41) is 98.4. The van der Waals surface area contributed by atoms with Crippen LogP contribution in [0, 0.1) is 0 Å². The molecule has 2 aliphatic heterocycles. The summed E-state index contributed by atoms with van der Waals surface area (Å²) in [7, 11) is 0. The summed E-state index contributed by atoms with van der Waals surface area (Å²) in [6.45, 7) is 7.84. The summed E-state index contributed by atoms with van der Waals surface area (Å²) in [5.41, 5.74) is -13.1. The van der Waals surface area contributed by atoms with E-state index in [1.54, 1.807) is 0 Å². The summed E-state index contributed by atoms with van der Waals surface area (Å²) < 4.78 is 10.2. The van der Waals surface area contributed by atoms with Crippen LogP contribution in [-0.2, 0) is 9.47 Å². The van der Waals surface area contributed by atoms with Crippen molar-refractivity contribution in [2.75, 3.05) is 19.8 Å². The Labute approximate surface area is 187 Å². The van der Waals surface area contributed by atoms with Gasteiger partial charge in [-0.2, -0.15) is 0 Å². The highest BCUT2D eigenvalue weighted by Gasteiger charge is 2.74. The number of aliphatic hydroxyl groups is 10. The van der Waals surface area contributed by atoms with E-state index >= 15 is 0 Å². The van der Waals surface area contributed by atoms with Crippen LogP contribution in [0.3, 0.4) is 0 Å². The molecule has 12 nitrogen and oxygen atoms in total. The molecule has 2 unspecified atom stereocenters. The highest BCUT2D eigenvalue weighted by Crippen LogP contribution is 2.52. The molecule has 0 bridgehead atoms. The van der Waals surface area contributed by atoms with E-state index in [0.29, 0.717) is 0 Å². The molecule has 10 N–H and O–H groups in total. The van der Waals surface area contributed by atoms with Crippen molar-refractivity contribution >= 4 is 0 Å². The van der Waals surface area contributed by atoms with Crippen LogP contribution in [0.1, 0.15) is 55.4 Å². The zero-order valence-electron chi connectivity index (χ0n) is 19.9. The normalized spacial score (nSPS) is 55.3. The first kappa shape index (κ1) is 29.6. The summed E-state index contributed by atoms with van der Waals surface area (Å²) in [6.07, 6.45) is 0. The average Bonchev–Trinajstić information content (AvgIpc) is 2.75. The van der Waals surface area contributed by atoms with Crippen LogP contribution in [0.2, 0.25) is 0 Å². The Bertz CT molecular complexity index is 675. The quantitative estimate of drug-likeness (QED) is 0.195. The Hall–Kier alpha value is -0.480. The monoisotopic (exact) mass is 472 g/mol. The van der Waals surface area contributed by atoms with Gasteiger partial charge in [-0.3, -0.25) is 0 Å². The third-order valence-electron chi connectivity index (χ3n) is 8.12. The summed E-state index contributed by atoms with van der Waals surface area (Å²) in [6, 6.07) is 0. The van der Waals surface area contributed by atoms with Gasteiger partial charge in [-0.1, -0.05) is 0 Å². The van der Waals surface area contributed by atoms with Gasteiger partial charge in [-0.05, 0) is 55.4 Å². The first-order valence-electron chi connectivity index (χ1n) is 10.1. The lowest BCUT2D eigenvalue weighted by molar-refractivity contribution is -0.453. The highest BCUT2D eigenvalue weighted by molar-refractivity contribution is 5.21. The predicted molar refractivity (Wildman–Crippen MR) is 109 cm³/mol. The van der Waals surface area contributed by atoms with Gasteiger partial charge in [0, 0.05) is 0 Å². The van der Waals surface area contributed by atoms with Gasteiger partial charge in [-0.25, -0.2) is 0 Å². The largest absolute Gasteiger partial charge is 0.393 e. The van der Waals surface area contributed by atoms with Gasteiger partial charge in [0.2, 0.25) is 11.6 Å².